The molecule has 0 spiro atoms. The molecule has 2 N–H and O–H groups in total. The van der Waals surface area contributed by atoms with Crippen LogP contribution in [-0.2, 0) is 20.0 Å². The lowest BCUT2D eigenvalue weighted by atomic mass is 10.2. The van der Waals surface area contributed by atoms with E-state index in [-0.39, 0.29) is 30.6 Å². The third-order valence-corrected chi connectivity index (χ3v) is 10.00. The van der Waals surface area contributed by atoms with Gasteiger partial charge in [-0.25, -0.2) is 16.8 Å². The van der Waals surface area contributed by atoms with Crippen molar-refractivity contribution in [3.05, 3.63) is 50.7 Å². The van der Waals surface area contributed by atoms with Crippen LogP contribution in [0.25, 0.3) is 0 Å². The maximum absolute atomic E-state index is 13.1. The molecular weight excluding hydrogens is 517 g/mol. The molecule has 0 amide bonds. The van der Waals surface area contributed by atoms with E-state index in [0.29, 0.717) is 36.8 Å². The van der Waals surface area contributed by atoms with Gasteiger partial charge in [-0.3, -0.25) is 9.44 Å². The first-order chi connectivity index (χ1) is 15.1. The quantitative estimate of drug-likeness (QED) is 0.566. The van der Waals surface area contributed by atoms with Crippen molar-refractivity contribution in [1.82, 2.24) is 0 Å². The summed E-state index contributed by atoms with van der Waals surface area (Å²) in [5.74, 6) is 1.25. The highest BCUT2D eigenvalue weighted by Crippen LogP contribution is 2.38. The van der Waals surface area contributed by atoms with Crippen LogP contribution in [0, 0.1) is 0 Å². The highest BCUT2D eigenvalue weighted by molar-refractivity contribution is 8.19. The third-order valence-electron chi connectivity index (χ3n) is 4.82. The van der Waals surface area contributed by atoms with E-state index in [1.54, 1.807) is 12.1 Å². The molecule has 2 aliphatic rings. The summed E-state index contributed by atoms with van der Waals surface area (Å²) in [5.41, 5.74) is 0.558. The molecule has 13 heteroatoms. The smallest absolute Gasteiger partial charge is 0.267 e. The summed E-state index contributed by atoms with van der Waals surface area (Å²) in [6, 6.07) is 7.04. The van der Waals surface area contributed by atoms with Gasteiger partial charge in [0, 0.05) is 12.8 Å². The zero-order valence-electron chi connectivity index (χ0n) is 16.8. The van der Waals surface area contributed by atoms with Gasteiger partial charge < -0.3 is 9.64 Å². The fourth-order valence-corrected chi connectivity index (χ4v) is 7.18. The Kier molecular flexibility index (Phi) is 6.47. The van der Waals surface area contributed by atoms with Crippen molar-refractivity contribution < 1.29 is 21.6 Å². The van der Waals surface area contributed by atoms with Crippen LogP contribution in [-0.4, -0.2) is 42.8 Å². The summed E-state index contributed by atoms with van der Waals surface area (Å²) < 4.78 is 62.2. The van der Waals surface area contributed by atoms with E-state index >= 15 is 0 Å². The highest BCUT2D eigenvalue weighted by atomic mass is 35.5. The van der Waals surface area contributed by atoms with Crippen molar-refractivity contribution in [2.24, 2.45) is 0 Å². The predicted octanol–water partition coefficient (Wildman–Crippen LogP) is 4.34. The summed E-state index contributed by atoms with van der Waals surface area (Å²) in [5, 5.41) is 0.147. The molecule has 0 fully saturated rings. The van der Waals surface area contributed by atoms with Gasteiger partial charge in [-0.15, -0.1) is 11.8 Å². The lowest BCUT2D eigenvalue weighted by molar-refractivity contribution is 0.311. The lowest BCUT2D eigenvalue weighted by Crippen LogP contribution is -2.29. The Balaban J connectivity index is 1.69. The molecule has 0 aromatic heterocycles. The summed E-state index contributed by atoms with van der Waals surface area (Å²) in [6.45, 7) is 1.13. The van der Waals surface area contributed by atoms with E-state index < -0.39 is 20.0 Å². The van der Waals surface area contributed by atoms with Gasteiger partial charge in [0.15, 0.2) is 0 Å². The zero-order chi connectivity index (χ0) is 23.1. The van der Waals surface area contributed by atoms with Crippen molar-refractivity contribution >= 4 is 72.1 Å². The molecule has 2 aromatic rings. The first-order valence-corrected chi connectivity index (χ1v) is 14.1. The average molecular weight is 536 g/mol. The van der Waals surface area contributed by atoms with Crippen LogP contribution in [0.4, 0.5) is 17.1 Å². The topological polar surface area (TPSA) is 105 Å². The molecule has 0 saturated carbocycles. The van der Waals surface area contributed by atoms with E-state index in [1.165, 1.54) is 36.0 Å². The summed E-state index contributed by atoms with van der Waals surface area (Å²) >= 11 is 13.4. The van der Waals surface area contributed by atoms with Gasteiger partial charge in [-0.2, -0.15) is 0 Å². The maximum Gasteiger partial charge on any atom is 0.267 e. The van der Waals surface area contributed by atoms with Gasteiger partial charge in [0.1, 0.15) is 16.6 Å². The number of nitrogens with zero attached hydrogens (tertiary/aromatic N) is 1. The molecule has 4 rings (SSSR count). The van der Waals surface area contributed by atoms with E-state index in [0.717, 1.165) is 0 Å². The molecule has 0 unspecified atom stereocenters. The molecule has 2 aromatic carbocycles. The normalized spacial score (nSPS) is 16.2. The van der Waals surface area contributed by atoms with Gasteiger partial charge in [0.05, 0.1) is 38.5 Å². The highest BCUT2D eigenvalue weighted by Gasteiger charge is 2.26. The van der Waals surface area contributed by atoms with Gasteiger partial charge in [-0.1, -0.05) is 29.3 Å². The second kappa shape index (κ2) is 8.86. The number of hydrogen-bond donors (Lipinski definition) is 2. The second-order valence-corrected chi connectivity index (χ2v) is 12.6. The number of ether oxygens (including phenoxy) is 1. The van der Waals surface area contributed by atoms with Crippen LogP contribution in [0.3, 0.4) is 0 Å². The minimum absolute atomic E-state index is 0.0115. The number of anilines is 3. The molecule has 2 aliphatic heterocycles. The summed E-state index contributed by atoms with van der Waals surface area (Å²) in [6.07, 6.45) is 2.25. The Morgan fingerprint density at radius 2 is 1.66 bits per heavy atom. The fourth-order valence-electron chi connectivity index (χ4n) is 3.19. The Labute approximate surface area is 201 Å². The predicted molar refractivity (Wildman–Crippen MR) is 130 cm³/mol. The van der Waals surface area contributed by atoms with Crippen molar-refractivity contribution in [3.63, 3.8) is 0 Å². The molecule has 172 valence electrons. The molecule has 0 saturated heterocycles. The SMILES string of the molecule is CN1CCOc2ccc(S(=O)(=O)Nc3cc(Cl)c(Cl)cc3NS(=O)(=O)C3=CCCS3)cc21. The van der Waals surface area contributed by atoms with E-state index in [2.05, 4.69) is 9.44 Å². The van der Waals surface area contributed by atoms with Crippen LogP contribution in [0.15, 0.2) is 45.5 Å². The van der Waals surface area contributed by atoms with Crippen LogP contribution in [0.2, 0.25) is 10.0 Å². The fraction of sp³-hybridized carbons (Fsp3) is 0.263. The van der Waals surface area contributed by atoms with E-state index in [9.17, 15) is 16.8 Å². The van der Waals surface area contributed by atoms with Crippen molar-refractivity contribution in [2.75, 3.05) is 40.3 Å². The molecule has 8 nitrogen and oxygen atoms in total. The lowest BCUT2D eigenvalue weighted by Gasteiger charge is -2.28. The molecule has 0 bridgehead atoms. The largest absolute Gasteiger partial charge is 0.490 e. The van der Waals surface area contributed by atoms with Crippen LogP contribution in [0.1, 0.15) is 6.42 Å². The second-order valence-electron chi connectivity index (χ2n) is 7.08. The number of nitrogens with one attached hydrogen (secondary N) is 2. The van der Waals surface area contributed by atoms with Crippen molar-refractivity contribution in [2.45, 2.75) is 11.3 Å². The Hall–Kier alpha value is -1.79. The van der Waals surface area contributed by atoms with Crippen LogP contribution in [0.5, 0.6) is 5.75 Å². The Bertz CT molecular complexity index is 1310. The number of fused-ring (bicyclic) bond motifs is 1. The Morgan fingerprint density at radius 1 is 1.00 bits per heavy atom. The van der Waals surface area contributed by atoms with E-state index in [4.69, 9.17) is 27.9 Å². The average Bonchev–Trinajstić information content (AvgIpc) is 3.27. The van der Waals surface area contributed by atoms with Gasteiger partial charge in [0.25, 0.3) is 20.0 Å². The standard InChI is InChI=1S/C19H19Cl2N3O5S3/c1-24-6-7-29-18-5-4-12(9-17(18)24)31(25,26)22-15-10-13(20)14(21)11-16(15)23-32(27,28)19-3-2-8-30-19/h3-5,9-11,22-23H,2,6-8H2,1H3. The number of sulfonamides is 2. The van der Waals surface area contributed by atoms with Crippen molar-refractivity contribution in [1.29, 1.82) is 0 Å². The molecular formula is C19H19Cl2N3O5S3. The summed E-state index contributed by atoms with van der Waals surface area (Å²) in [7, 11) is -6.14. The summed E-state index contributed by atoms with van der Waals surface area (Å²) in [4.78, 5) is 1.88. The molecule has 0 aliphatic carbocycles. The number of halogens is 2. The molecule has 2 heterocycles. The first kappa shape index (κ1) is 23.4. The van der Waals surface area contributed by atoms with Crippen molar-refractivity contribution in [3.8, 4) is 5.75 Å². The van der Waals surface area contributed by atoms with E-state index in [1.807, 2.05) is 11.9 Å². The van der Waals surface area contributed by atoms with Crippen LogP contribution < -0.4 is 19.1 Å². The number of allylic oxidation sites excluding steroid dienone is 1. The molecule has 0 radical (unpaired) electrons. The zero-order valence-corrected chi connectivity index (χ0v) is 20.7. The first-order valence-electron chi connectivity index (χ1n) is 9.42. The number of benzene rings is 2. The number of likely N-dealkylation sites (N-methyl/N-ethyl adjacent to an activating group) is 1. The number of thioether (sulfide) groups is 1. The van der Waals surface area contributed by atoms with Gasteiger partial charge >= 0.3 is 0 Å². The minimum Gasteiger partial charge on any atom is -0.490 e. The monoisotopic (exact) mass is 535 g/mol. The Morgan fingerprint density at radius 3 is 2.28 bits per heavy atom. The third kappa shape index (κ3) is 4.76. The number of rotatable bonds is 6. The maximum atomic E-state index is 13.1. The molecule has 32 heavy (non-hydrogen) atoms. The minimum atomic E-state index is -4.09. The van der Waals surface area contributed by atoms with Gasteiger partial charge in [-0.05, 0) is 36.8 Å². The molecule has 0 atom stereocenters. The van der Waals surface area contributed by atoms with Crippen LogP contribution >= 0.6 is 35.0 Å². The number of hydrogen-bond acceptors (Lipinski definition) is 7. The van der Waals surface area contributed by atoms with Gasteiger partial charge in [0.2, 0.25) is 0 Å².